The second kappa shape index (κ2) is 10.8. The van der Waals surface area contributed by atoms with Crippen LogP contribution in [0.4, 0.5) is 5.95 Å². The molecule has 0 saturated carbocycles. The van der Waals surface area contributed by atoms with Crippen LogP contribution >= 0.6 is 19.3 Å². The number of nitrogen functional groups attached to an aromatic ring is 1. The summed E-state index contributed by atoms with van der Waals surface area (Å²) in [5.74, 6) is -0.763. The number of nitrogens with two attached hydrogens (primary N) is 1. The maximum Gasteiger partial charge on any atom is 0.459 e. The number of halogens is 1. The summed E-state index contributed by atoms with van der Waals surface area (Å²) in [6.45, 7) is 1.36. The second-order valence-corrected chi connectivity index (χ2v) is 11.1. The molecule has 0 radical (unpaired) electrons. The molecule has 0 fully saturated rings. The number of carbonyl (C=O) groups is 1. The minimum Gasteiger partial charge on any atom is -0.480 e. The Balaban J connectivity index is 1.34. The van der Waals surface area contributed by atoms with Gasteiger partial charge in [-0.15, -0.1) is 0 Å². The van der Waals surface area contributed by atoms with Gasteiger partial charge in [0.15, 0.2) is 11.2 Å². The summed E-state index contributed by atoms with van der Waals surface area (Å²) in [5, 5.41) is 13.8. The molecule has 5 rings (SSSR count). The van der Waals surface area contributed by atoms with Crippen molar-refractivity contribution in [2.75, 3.05) is 19.5 Å². The fraction of sp³-hybridized carbons (Fsp3) is 0.280. The van der Waals surface area contributed by atoms with E-state index >= 15 is 0 Å². The molecular formula is C25H26ClN6O6P. The highest BCUT2D eigenvalue weighted by atomic mass is 35.5. The molecule has 2 aromatic heterocycles. The molecular weight excluding hydrogens is 547 g/mol. The molecule has 0 saturated heterocycles. The number of hydrogen-bond acceptors (Lipinski definition) is 9. The van der Waals surface area contributed by atoms with Crippen LogP contribution < -0.4 is 20.1 Å². The first-order valence-electron chi connectivity index (χ1n) is 12.0. The Labute approximate surface area is 228 Å². The lowest BCUT2D eigenvalue weighted by Gasteiger charge is -2.24. The number of rotatable bonds is 10. The number of anilines is 1. The first-order chi connectivity index (χ1) is 18.7. The van der Waals surface area contributed by atoms with Crippen molar-refractivity contribution in [2.24, 2.45) is 5.92 Å². The number of methoxy groups -OCH3 is 1. The first-order valence-corrected chi connectivity index (χ1v) is 13.9. The van der Waals surface area contributed by atoms with E-state index in [1.165, 1.54) is 14.0 Å². The van der Waals surface area contributed by atoms with Crippen molar-refractivity contribution in [3.05, 3.63) is 59.9 Å². The molecule has 2 aromatic carbocycles. The Morgan fingerprint density at radius 2 is 2.03 bits per heavy atom. The van der Waals surface area contributed by atoms with Crippen molar-refractivity contribution < 1.29 is 28.3 Å². The van der Waals surface area contributed by atoms with E-state index in [-0.39, 0.29) is 36.1 Å². The summed E-state index contributed by atoms with van der Waals surface area (Å²) in [7, 11) is -2.66. The summed E-state index contributed by atoms with van der Waals surface area (Å²) < 4.78 is 32.6. The Hall–Kier alpha value is -3.70. The van der Waals surface area contributed by atoms with Crippen LogP contribution in [0.1, 0.15) is 19.4 Å². The number of aliphatic carboxylic acids is 1. The molecule has 1 unspecified atom stereocenters. The molecule has 4 N–H and O–H groups in total. The van der Waals surface area contributed by atoms with Crippen LogP contribution in [0.5, 0.6) is 11.6 Å². The van der Waals surface area contributed by atoms with E-state index in [1.807, 2.05) is 22.8 Å². The van der Waals surface area contributed by atoms with Crippen molar-refractivity contribution in [1.82, 2.24) is 24.6 Å². The second-order valence-electron chi connectivity index (χ2n) is 9.03. The molecule has 204 valence electrons. The largest absolute Gasteiger partial charge is 0.480 e. The third-order valence-corrected chi connectivity index (χ3v) is 8.30. The van der Waals surface area contributed by atoms with E-state index in [0.29, 0.717) is 33.4 Å². The number of aromatic nitrogens is 4. The number of hydrogen-bond donors (Lipinski definition) is 3. The molecule has 1 aliphatic rings. The minimum atomic E-state index is -4.14. The molecule has 0 aliphatic heterocycles. The summed E-state index contributed by atoms with van der Waals surface area (Å²) >= 11 is 6.31. The van der Waals surface area contributed by atoms with Crippen LogP contribution in [0.15, 0.2) is 54.9 Å². The van der Waals surface area contributed by atoms with Crippen LogP contribution in [0.25, 0.3) is 21.9 Å². The number of fused-ring (bicyclic) bond motifs is 2. The Morgan fingerprint density at radius 1 is 1.26 bits per heavy atom. The van der Waals surface area contributed by atoms with E-state index in [0.717, 1.165) is 0 Å². The van der Waals surface area contributed by atoms with Crippen LogP contribution in [0.3, 0.4) is 0 Å². The van der Waals surface area contributed by atoms with Gasteiger partial charge in [0.25, 0.3) is 0 Å². The topological polar surface area (TPSA) is 164 Å². The zero-order valence-corrected chi connectivity index (χ0v) is 22.7. The van der Waals surface area contributed by atoms with Gasteiger partial charge in [-0.1, -0.05) is 48.0 Å². The molecule has 0 bridgehead atoms. The van der Waals surface area contributed by atoms with Gasteiger partial charge in [-0.3, -0.25) is 9.32 Å². The van der Waals surface area contributed by atoms with Gasteiger partial charge in [0.2, 0.25) is 11.8 Å². The molecule has 1 aliphatic carbocycles. The number of ether oxygens (including phenoxy) is 1. The van der Waals surface area contributed by atoms with Crippen molar-refractivity contribution in [2.45, 2.75) is 25.4 Å². The van der Waals surface area contributed by atoms with Gasteiger partial charge < -0.3 is 24.7 Å². The number of imidazole rings is 1. The van der Waals surface area contributed by atoms with Crippen LogP contribution in [-0.2, 0) is 13.9 Å². The third-order valence-electron chi connectivity index (χ3n) is 6.34. The normalized spacial score (nSPS) is 19.3. The van der Waals surface area contributed by atoms with E-state index in [9.17, 15) is 14.5 Å². The Bertz CT molecular complexity index is 1630. The molecule has 12 nitrogen and oxygen atoms in total. The zero-order chi connectivity index (χ0) is 27.7. The molecule has 0 spiro atoms. The average molecular weight is 573 g/mol. The molecule has 4 atom stereocenters. The summed E-state index contributed by atoms with van der Waals surface area (Å²) in [6.07, 6.45) is 6.11. The van der Waals surface area contributed by atoms with Crippen LogP contribution in [-0.4, -0.2) is 50.4 Å². The zero-order valence-electron chi connectivity index (χ0n) is 21.0. The molecule has 14 heteroatoms. The highest BCUT2D eigenvalue weighted by Crippen LogP contribution is 2.48. The van der Waals surface area contributed by atoms with Gasteiger partial charge >= 0.3 is 13.7 Å². The Kier molecular flexibility index (Phi) is 7.46. The monoisotopic (exact) mass is 572 g/mol. The number of carboxylic acids is 1. The quantitative estimate of drug-likeness (QED) is 0.179. The summed E-state index contributed by atoms with van der Waals surface area (Å²) in [6, 6.07) is 9.06. The standard InChI is InChI=1S/C25H26ClN6O6P/c1-14(24(33)34)31-39(35,38-20-10-9-19(26)17-5-3-4-6-18(17)20)37-12-15-7-8-16(11-15)32-13-28-21-22(32)29-25(27)30-23(21)36-2/h3-10,13-16H,11-12H2,1-2H3,(H,31,35)(H,33,34)(H2,27,29,30)/t14-,15+,16-,39?/m0/s1. The number of allylic oxidation sites excluding steroid dienone is 1. The van der Waals surface area contributed by atoms with Gasteiger partial charge in [0.05, 0.1) is 26.1 Å². The molecule has 2 heterocycles. The van der Waals surface area contributed by atoms with Crippen molar-refractivity contribution >= 4 is 53.2 Å². The lowest BCUT2D eigenvalue weighted by atomic mass is 10.1. The number of nitrogens with zero attached hydrogens (tertiary/aromatic N) is 4. The first kappa shape index (κ1) is 26.9. The molecule has 0 amide bonds. The number of carboxylic acid groups (broad SMARTS) is 1. The van der Waals surface area contributed by atoms with Gasteiger partial charge in [0.1, 0.15) is 11.8 Å². The van der Waals surface area contributed by atoms with E-state index in [4.69, 9.17) is 31.1 Å². The average Bonchev–Trinajstić information content (AvgIpc) is 3.56. The SMILES string of the molecule is COc1nc(N)nc2c1ncn2[C@H]1C=C[C@@H](COP(=O)(N[C@@H](C)C(=O)O)Oc2ccc(Cl)c3ccccc23)C1. The van der Waals surface area contributed by atoms with Crippen LogP contribution in [0, 0.1) is 5.92 Å². The molecule has 39 heavy (non-hydrogen) atoms. The Morgan fingerprint density at radius 3 is 2.77 bits per heavy atom. The maximum atomic E-state index is 13.8. The fourth-order valence-electron chi connectivity index (χ4n) is 4.39. The number of benzene rings is 2. The highest BCUT2D eigenvalue weighted by molar-refractivity contribution is 7.52. The lowest BCUT2D eigenvalue weighted by molar-refractivity contribution is -0.138. The van der Waals surface area contributed by atoms with Gasteiger partial charge in [-0.05, 0) is 25.5 Å². The van der Waals surface area contributed by atoms with E-state index < -0.39 is 19.8 Å². The van der Waals surface area contributed by atoms with Gasteiger partial charge in [0, 0.05) is 21.7 Å². The van der Waals surface area contributed by atoms with Crippen LogP contribution in [0.2, 0.25) is 5.02 Å². The van der Waals surface area contributed by atoms with Crippen molar-refractivity contribution in [1.29, 1.82) is 0 Å². The third kappa shape index (κ3) is 5.55. The smallest absolute Gasteiger partial charge is 0.459 e. The van der Waals surface area contributed by atoms with Crippen molar-refractivity contribution in [3.8, 4) is 11.6 Å². The lowest BCUT2D eigenvalue weighted by Crippen LogP contribution is -2.33. The van der Waals surface area contributed by atoms with Gasteiger partial charge in [-0.2, -0.15) is 15.1 Å². The summed E-state index contributed by atoms with van der Waals surface area (Å²) in [4.78, 5) is 24.3. The fourth-order valence-corrected chi connectivity index (χ4v) is 6.19. The van der Waals surface area contributed by atoms with Crippen molar-refractivity contribution in [3.63, 3.8) is 0 Å². The highest BCUT2D eigenvalue weighted by Gasteiger charge is 2.34. The predicted octanol–water partition coefficient (Wildman–Crippen LogP) is 4.61. The maximum absolute atomic E-state index is 13.8. The van der Waals surface area contributed by atoms with E-state index in [2.05, 4.69) is 20.0 Å². The minimum absolute atomic E-state index is 0.00220. The predicted molar refractivity (Wildman–Crippen MR) is 146 cm³/mol. The van der Waals surface area contributed by atoms with E-state index in [1.54, 1.807) is 36.7 Å². The van der Waals surface area contributed by atoms with Gasteiger partial charge in [-0.25, -0.2) is 9.55 Å². The number of nitrogens with one attached hydrogen (secondary N) is 1. The molecule has 4 aromatic rings. The summed E-state index contributed by atoms with van der Waals surface area (Å²) in [5.41, 5.74) is 6.84.